The van der Waals surface area contributed by atoms with E-state index in [9.17, 15) is 0 Å². The van der Waals surface area contributed by atoms with Crippen LogP contribution in [0.5, 0.6) is 0 Å². The molecule has 0 bridgehead atoms. The molecule has 1 N–H and O–H groups in total. The second-order valence-corrected chi connectivity index (χ2v) is 5.60. The van der Waals surface area contributed by atoms with Crippen molar-refractivity contribution in [2.75, 3.05) is 4.43 Å². The van der Waals surface area contributed by atoms with E-state index in [-0.39, 0.29) is 0 Å². The molecular weight excluding hydrogens is 339 g/mol. The summed E-state index contributed by atoms with van der Waals surface area (Å²) in [4.78, 5) is 9.05. The Kier molecular flexibility index (Phi) is 4.31. The number of hydrogen-bond donors (Lipinski definition) is 1. The van der Waals surface area contributed by atoms with Gasteiger partial charge in [-0.3, -0.25) is 5.10 Å². The number of hydrogen-bond acceptors (Lipinski definition) is 3. The standard InChI is InChI=1S/C13H17IN4/c1-8-4-5-11(15-10(8)3)13-16-12(17-18-13)9(2)6-7-14/h4-5,9H,6-7H2,1-3H3,(H,16,17,18). The summed E-state index contributed by atoms with van der Waals surface area (Å²) in [5, 5.41) is 7.28. The van der Waals surface area contributed by atoms with Crippen molar-refractivity contribution >= 4 is 22.6 Å². The molecule has 0 aromatic carbocycles. The summed E-state index contributed by atoms with van der Waals surface area (Å²) < 4.78 is 1.12. The van der Waals surface area contributed by atoms with E-state index in [1.807, 2.05) is 13.0 Å². The van der Waals surface area contributed by atoms with Gasteiger partial charge < -0.3 is 0 Å². The number of pyridine rings is 1. The Morgan fingerprint density at radius 1 is 1.28 bits per heavy atom. The van der Waals surface area contributed by atoms with Crippen molar-refractivity contribution in [3.05, 3.63) is 29.2 Å². The third-order valence-electron chi connectivity index (χ3n) is 3.09. The molecule has 0 aliphatic heterocycles. The highest BCUT2D eigenvalue weighted by atomic mass is 127. The maximum Gasteiger partial charge on any atom is 0.199 e. The van der Waals surface area contributed by atoms with Crippen molar-refractivity contribution in [3.63, 3.8) is 0 Å². The fourth-order valence-electron chi connectivity index (χ4n) is 1.66. The van der Waals surface area contributed by atoms with E-state index in [0.29, 0.717) is 11.7 Å². The molecule has 18 heavy (non-hydrogen) atoms. The summed E-state index contributed by atoms with van der Waals surface area (Å²) in [5.74, 6) is 2.05. The van der Waals surface area contributed by atoms with Crippen LogP contribution >= 0.6 is 22.6 Å². The van der Waals surface area contributed by atoms with Gasteiger partial charge in [0, 0.05) is 16.0 Å². The minimum Gasteiger partial charge on any atom is -0.262 e. The molecule has 0 saturated heterocycles. The molecule has 96 valence electrons. The molecule has 1 unspecified atom stereocenters. The van der Waals surface area contributed by atoms with Gasteiger partial charge in [0.2, 0.25) is 0 Å². The van der Waals surface area contributed by atoms with Gasteiger partial charge in [0.1, 0.15) is 11.5 Å². The van der Waals surface area contributed by atoms with Gasteiger partial charge >= 0.3 is 0 Å². The zero-order valence-corrected chi connectivity index (χ0v) is 13.0. The molecule has 0 fully saturated rings. The van der Waals surface area contributed by atoms with Crippen LogP contribution in [-0.4, -0.2) is 24.6 Å². The monoisotopic (exact) mass is 356 g/mol. The van der Waals surface area contributed by atoms with E-state index < -0.39 is 0 Å². The Morgan fingerprint density at radius 2 is 2.06 bits per heavy atom. The van der Waals surface area contributed by atoms with Crippen molar-refractivity contribution < 1.29 is 0 Å². The molecule has 4 nitrogen and oxygen atoms in total. The van der Waals surface area contributed by atoms with Crippen molar-refractivity contribution in [2.24, 2.45) is 0 Å². The minimum atomic E-state index is 0.412. The van der Waals surface area contributed by atoms with Gasteiger partial charge in [0.05, 0.1) is 0 Å². The summed E-state index contributed by atoms with van der Waals surface area (Å²) in [6.45, 7) is 6.22. The molecule has 2 rings (SSSR count). The quantitative estimate of drug-likeness (QED) is 0.675. The van der Waals surface area contributed by atoms with Crippen LogP contribution in [0.15, 0.2) is 12.1 Å². The normalized spacial score (nSPS) is 12.7. The number of aromatic nitrogens is 4. The number of aromatic amines is 1. The van der Waals surface area contributed by atoms with E-state index in [1.165, 1.54) is 5.56 Å². The number of alkyl halides is 1. The van der Waals surface area contributed by atoms with Crippen molar-refractivity contribution in [1.29, 1.82) is 0 Å². The molecule has 0 aliphatic carbocycles. The third kappa shape index (κ3) is 2.88. The number of H-pyrrole nitrogens is 1. The van der Waals surface area contributed by atoms with E-state index in [2.05, 4.69) is 62.7 Å². The maximum absolute atomic E-state index is 4.54. The third-order valence-corrected chi connectivity index (χ3v) is 3.71. The lowest BCUT2D eigenvalue weighted by Gasteiger charge is -2.03. The molecule has 0 amide bonds. The van der Waals surface area contributed by atoms with Crippen LogP contribution in [0.25, 0.3) is 11.5 Å². The highest BCUT2D eigenvalue weighted by molar-refractivity contribution is 14.1. The van der Waals surface area contributed by atoms with Crippen molar-refractivity contribution in [1.82, 2.24) is 20.2 Å². The van der Waals surface area contributed by atoms with Gasteiger partial charge in [-0.05, 0) is 31.9 Å². The Balaban J connectivity index is 2.26. The largest absolute Gasteiger partial charge is 0.262 e. The molecule has 2 aromatic rings. The Bertz CT molecular complexity index is 536. The number of aryl methyl sites for hydroxylation is 2. The van der Waals surface area contributed by atoms with Crippen LogP contribution in [0.3, 0.4) is 0 Å². The number of rotatable bonds is 4. The molecule has 0 saturated carbocycles. The Hall–Kier alpha value is -0.980. The summed E-state index contributed by atoms with van der Waals surface area (Å²) in [7, 11) is 0. The summed E-state index contributed by atoms with van der Waals surface area (Å²) >= 11 is 2.38. The van der Waals surface area contributed by atoms with Gasteiger partial charge in [-0.1, -0.05) is 35.6 Å². The van der Waals surface area contributed by atoms with E-state index in [0.717, 1.165) is 28.1 Å². The molecule has 0 radical (unpaired) electrons. The number of halogens is 1. The van der Waals surface area contributed by atoms with Crippen LogP contribution in [-0.2, 0) is 0 Å². The smallest absolute Gasteiger partial charge is 0.199 e. The SMILES string of the molecule is Cc1ccc(-c2n[nH]c(C(C)CCI)n2)nc1C. The Labute approximate surface area is 121 Å². The first kappa shape index (κ1) is 13.5. The van der Waals surface area contributed by atoms with Gasteiger partial charge in [0.25, 0.3) is 0 Å². The van der Waals surface area contributed by atoms with Crippen LogP contribution in [0, 0.1) is 13.8 Å². The van der Waals surface area contributed by atoms with Gasteiger partial charge in [-0.15, -0.1) is 0 Å². The zero-order valence-electron chi connectivity index (χ0n) is 10.9. The second kappa shape index (κ2) is 5.77. The van der Waals surface area contributed by atoms with Gasteiger partial charge in [-0.25, -0.2) is 9.97 Å². The van der Waals surface area contributed by atoms with Crippen LogP contribution in [0.2, 0.25) is 0 Å². The number of nitrogens with zero attached hydrogens (tertiary/aromatic N) is 3. The fraction of sp³-hybridized carbons (Fsp3) is 0.462. The van der Waals surface area contributed by atoms with Crippen molar-refractivity contribution in [2.45, 2.75) is 33.1 Å². The lowest BCUT2D eigenvalue weighted by molar-refractivity contribution is 0.693. The first-order chi connectivity index (χ1) is 8.61. The molecule has 2 heterocycles. The summed E-state index contributed by atoms with van der Waals surface area (Å²) in [6.07, 6.45) is 1.11. The van der Waals surface area contributed by atoms with E-state index >= 15 is 0 Å². The fourth-order valence-corrected chi connectivity index (χ4v) is 2.60. The molecule has 0 spiro atoms. The number of nitrogens with one attached hydrogen (secondary N) is 1. The topological polar surface area (TPSA) is 54.5 Å². The first-order valence-electron chi connectivity index (χ1n) is 6.04. The second-order valence-electron chi connectivity index (χ2n) is 4.52. The first-order valence-corrected chi connectivity index (χ1v) is 7.57. The minimum absolute atomic E-state index is 0.412. The lowest BCUT2D eigenvalue weighted by Crippen LogP contribution is -1.97. The molecule has 2 aromatic heterocycles. The summed E-state index contributed by atoms with van der Waals surface area (Å²) in [5.41, 5.74) is 3.05. The highest BCUT2D eigenvalue weighted by Crippen LogP contribution is 2.20. The maximum atomic E-state index is 4.54. The molecule has 0 aliphatic rings. The zero-order chi connectivity index (χ0) is 13.1. The van der Waals surface area contributed by atoms with Crippen LogP contribution in [0.1, 0.15) is 36.3 Å². The van der Waals surface area contributed by atoms with E-state index in [1.54, 1.807) is 0 Å². The highest BCUT2D eigenvalue weighted by Gasteiger charge is 2.12. The summed E-state index contributed by atoms with van der Waals surface area (Å²) in [6, 6.07) is 4.03. The Morgan fingerprint density at radius 3 is 2.72 bits per heavy atom. The van der Waals surface area contributed by atoms with Gasteiger partial charge in [-0.2, -0.15) is 5.10 Å². The lowest BCUT2D eigenvalue weighted by atomic mass is 10.1. The average Bonchev–Trinajstić information content (AvgIpc) is 2.82. The average molecular weight is 356 g/mol. The molecule has 1 atom stereocenters. The molecular formula is C13H17IN4. The van der Waals surface area contributed by atoms with Crippen molar-refractivity contribution in [3.8, 4) is 11.5 Å². The van der Waals surface area contributed by atoms with E-state index in [4.69, 9.17) is 0 Å². The predicted octanol–water partition coefficient (Wildman–Crippen LogP) is 3.41. The molecule has 5 heteroatoms. The predicted molar refractivity (Wildman–Crippen MR) is 81.0 cm³/mol. The van der Waals surface area contributed by atoms with Crippen LogP contribution < -0.4 is 0 Å². The van der Waals surface area contributed by atoms with Gasteiger partial charge in [0.15, 0.2) is 5.82 Å². The van der Waals surface area contributed by atoms with Crippen LogP contribution in [0.4, 0.5) is 0 Å².